The van der Waals surface area contributed by atoms with Gasteiger partial charge in [-0.3, -0.25) is 0 Å². The number of rotatable bonds is 1. The van der Waals surface area contributed by atoms with E-state index in [1.165, 1.54) is 12.1 Å². The molecule has 2 aromatic rings. The zero-order valence-corrected chi connectivity index (χ0v) is 7.18. The van der Waals surface area contributed by atoms with Gasteiger partial charge in [0.15, 0.2) is 11.6 Å². The molecule has 14 heavy (non-hydrogen) atoms. The van der Waals surface area contributed by atoms with Crippen molar-refractivity contribution in [2.24, 2.45) is 0 Å². The third kappa shape index (κ3) is 1.69. The SMILES string of the molecule is Oc1ccc(-c2ncc([18F])cn2)cc1. The summed E-state index contributed by atoms with van der Waals surface area (Å²) in [4.78, 5) is 7.62. The summed E-state index contributed by atoms with van der Waals surface area (Å²) in [5, 5.41) is 9.05. The number of aromatic hydroxyl groups is 1. The molecule has 0 bridgehead atoms. The van der Waals surface area contributed by atoms with Crippen molar-refractivity contribution in [3.05, 3.63) is 42.5 Å². The average molecular weight is 189 g/mol. The van der Waals surface area contributed by atoms with E-state index in [0.29, 0.717) is 5.82 Å². The van der Waals surface area contributed by atoms with Crippen LogP contribution in [0.15, 0.2) is 36.7 Å². The van der Waals surface area contributed by atoms with Gasteiger partial charge in [0.1, 0.15) is 5.75 Å². The second-order valence-electron chi connectivity index (χ2n) is 2.77. The topological polar surface area (TPSA) is 46.0 Å². The number of nitrogens with zero attached hydrogens (tertiary/aromatic N) is 2. The molecular weight excluding hydrogens is 182 g/mol. The molecule has 0 fully saturated rings. The van der Waals surface area contributed by atoms with Gasteiger partial charge < -0.3 is 5.11 Å². The third-order valence-electron chi connectivity index (χ3n) is 1.75. The Hall–Kier alpha value is -1.97. The van der Waals surface area contributed by atoms with Crippen LogP contribution in [0.2, 0.25) is 0 Å². The lowest BCUT2D eigenvalue weighted by atomic mass is 10.2. The molecule has 1 aromatic carbocycles. The minimum atomic E-state index is -0.465. The Morgan fingerprint density at radius 2 is 1.57 bits per heavy atom. The molecule has 70 valence electrons. The Kier molecular flexibility index (Phi) is 2.10. The quantitative estimate of drug-likeness (QED) is 0.746. The van der Waals surface area contributed by atoms with Crippen LogP contribution in [0.25, 0.3) is 11.4 Å². The molecule has 0 spiro atoms. The molecule has 0 aliphatic carbocycles. The lowest BCUT2D eigenvalue weighted by molar-refractivity contribution is 0.475. The molecule has 0 saturated heterocycles. The fourth-order valence-electron chi connectivity index (χ4n) is 1.07. The van der Waals surface area contributed by atoms with Gasteiger partial charge in [0.2, 0.25) is 0 Å². The maximum absolute atomic E-state index is 12.5. The van der Waals surface area contributed by atoms with Crippen LogP contribution in [0.1, 0.15) is 0 Å². The summed E-state index contributed by atoms with van der Waals surface area (Å²) in [6.45, 7) is 0. The standard InChI is InChI=1S/C10H7FN2O/c11-8-5-12-10(13-6-8)7-1-3-9(14)4-2-7/h1-6,14H/i11-1. The lowest BCUT2D eigenvalue weighted by Crippen LogP contribution is -1.88. The van der Waals surface area contributed by atoms with Gasteiger partial charge in [0, 0.05) is 5.56 Å². The Balaban J connectivity index is 2.40. The van der Waals surface area contributed by atoms with Gasteiger partial charge in [-0.2, -0.15) is 0 Å². The van der Waals surface area contributed by atoms with Crippen molar-refractivity contribution in [1.82, 2.24) is 9.97 Å². The highest BCUT2D eigenvalue weighted by atomic mass is 18.2. The van der Waals surface area contributed by atoms with Crippen LogP contribution in [0, 0.1) is 5.82 Å². The molecule has 3 nitrogen and oxygen atoms in total. The summed E-state index contributed by atoms with van der Waals surface area (Å²) in [7, 11) is 0. The second-order valence-corrected chi connectivity index (χ2v) is 2.77. The average Bonchev–Trinajstić information content (AvgIpc) is 2.21. The molecule has 0 amide bonds. The second kappa shape index (κ2) is 3.41. The summed E-state index contributed by atoms with van der Waals surface area (Å²) in [5.41, 5.74) is 0.739. The molecule has 1 N–H and O–H groups in total. The summed E-state index contributed by atoms with van der Waals surface area (Å²) in [6, 6.07) is 6.40. The van der Waals surface area contributed by atoms with Crippen LogP contribution in [0.3, 0.4) is 0 Å². The normalized spacial score (nSPS) is 10.1. The molecule has 0 atom stereocenters. The number of hydrogen-bond acceptors (Lipinski definition) is 3. The smallest absolute Gasteiger partial charge is 0.159 e. The van der Waals surface area contributed by atoms with E-state index >= 15 is 0 Å². The number of phenols is 1. The number of hydrogen-bond donors (Lipinski definition) is 1. The Morgan fingerprint density at radius 1 is 1.00 bits per heavy atom. The van der Waals surface area contributed by atoms with Gasteiger partial charge in [-0.1, -0.05) is 0 Å². The Bertz CT molecular complexity index is 381. The third-order valence-corrected chi connectivity index (χ3v) is 1.75. The Morgan fingerprint density at radius 3 is 2.14 bits per heavy atom. The van der Waals surface area contributed by atoms with Gasteiger partial charge in [0.05, 0.1) is 12.4 Å². The predicted octanol–water partition coefficient (Wildman–Crippen LogP) is 1.99. The molecule has 1 heterocycles. The summed E-state index contributed by atoms with van der Waals surface area (Å²) >= 11 is 0. The van der Waals surface area contributed by atoms with Crippen molar-refractivity contribution in [3.8, 4) is 17.1 Å². The summed E-state index contributed by atoms with van der Waals surface area (Å²) < 4.78 is 12.5. The minimum Gasteiger partial charge on any atom is -0.508 e. The van der Waals surface area contributed by atoms with Gasteiger partial charge >= 0.3 is 0 Å². The summed E-state index contributed by atoms with van der Waals surface area (Å²) in [5.74, 6) is 0.148. The van der Waals surface area contributed by atoms with E-state index in [-0.39, 0.29) is 5.75 Å². The highest BCUT2D eigenvalue weighted by Crippen LogP contribution is 2.17. The first kappa shape index (κ1) is 8.62. The minimum absolute atomic E-state index is 0.177. The maximum atomic E-state index is 12.5. The van der Waals surface area contributed by atoms with Crippen molar-refractivity contribution >= 4 is 0 Å². The molecule has 0 aliphatic rings. The maximum Gasteiger partial charge on any atom is 0.159 e. The van der Waals surface area contributed by atoms with E-state index < -0.39 is 5.82 Å². The molecule has 2 rings (SSSR count). The lowest BCUT2D eigenvalue weighted by Gasteiger charge is -1.98. The van der Waals surface area contributed by atoms with E-state index in [9.17, 15) is 4.39 Å². The molecule has 0 saturated carbocycles. The van der Waals surface area contributed by atoms with Gasteiger partial charge in [-0.25, -0.2) is 14.4 Å². The van der Waals surface area contributed by atoms with Gasteiger partial charge in [-0.05, 0) is 24.3 Å². The first-order valence-corrected chi connectivity index (χ1v) is 4.02. The number of halogens is 1. The van der Waals surface area contributed by atoms with E-state index in [1.54, 1.807) is 12.1 Å². The van der Waals surface area contributed by atoms with Crippen molar-refractivity contribution in [2.75, 3.05) is 0 Å². The highest BCUT2D eigenvalue weighted by molar-refractivity contribution is 5.55. The van der Waals surface area contributed by atoms with Crippen LogP contribution < -0.4 is 0 Å². The van der Waals surface area contributed by atoms with Crippen LogP contribution in [0.5, 0.6) is 5.75 Å². The number of phenolic OH excluding ortho intramolecular Hbond substituents is 1. The first-order chi connectivity index (χ1) is 6.75. The fourth-order valence-corrected chi connectivity index (χ4v) is 1.07. The zero-order chi connectivity index (χ0) is 9.97. The predicted molar refractivity (Wildman–Crippen MR) is 49.1 cm³/mol. The van der Waals surface area contributed by atoms with Crippen molar-refractivity contribution in [3.63, 3.8) is 0 Å². The first-order valence-electron chi connectivity index (χ1n) is 4.02. The van der Waals surface area contributed by atoms with E-state index in [2.05, 4.69) is 9.97 Å². The molecule has 0 unspecified atom stereocenters. The van der Waals surface area contributed by atoms with Crippen molar-refractivity contribution in [1.29, 1.82) is 0 Å². The largest absolute Gasteiger partial charge is 0.508 e. The molecule has 1 aromatic heterocycles. The van der Waals surface area contributed by atoms with Crippen LogP contribution >= 0.6 is 0 Å². The highest BCUT2D eigenvalue weighted by Gasteiger charge is 2.00. The number of aromatic nitrogens is 2. The van der Waals surface area contributed by atoms with Crippen molar-refractivity contribution < 1.29 is 9.50 Å². The fraction of sp³-hybridized carbons (Fsp3) is 0. The van der Waals surface area contributed by atoms with E-state index in [4.69, 9.17) is 5.11 Å². The monoisotopic (exact) mass is 189 g/mol. The summed E-state index contributed by atoms with van der Waals surface area (Å²) in [6.07, 6.45) is 2.21. The van der Waals surface area contributed by atoms with Gasteiger partial charge in [-0.15, -0.1) is 0 Å². The molecule has 4 heteroatoms. The molecule has 0 aliphatic heterocycles. The number of benzene rings is 1. The molecule has 0 radical (unpaired) electrons. The van der Waals surface area contributed by atoms with E-state index in [0.717, 1.165) is 18.0 Å². The van der Waals surface area contributed by atoms with Crippen LogP contribution in [-0.4, -0.2) is 15.1 Å². The van der Waals surface area contributed by atoms with Gasteiger partial charge in [0.25, 0.3) is 0 Å². The Labute approximate surface area is 79.9 Å². The van der Waals surface area contributed by atoms with E-state index in [1.807, 2.05) is 0 Å². The van der Waals surface area contributed by atoms with Crippen LogP contribution in [0.4, 0.5) is 4.39 Å². The molecular formula is C10H7FN2O. The van der Waals surface area contributed by atoms with Crippen molar-refractivity contribution in [2.45, 2.75) is 0 Å². The zero-order valence-electron chi connectivity index (χ0n) is 7.18. The van der Waals surface area contributed by atoms with Crippen LogP contribution in [-0.2, 0) is 0 Å².